The van der Waals surface area contributed by atoms with E-state index in [2.05, 4.69) is 9.72 Å². The highest BCUT2D eigenvalue weighted by atomic mass is 16.6. The van der Waals surface area contributed by atoms with Gasteiger partial charge in [-0.25, -0.2) is 4.79 Å². The maximum absolute atomic E-state index is 11.6. The van der Waals surface area contributed by atoms with Gasteiger partial charge in [-0.3, -0.25) is 9.36 Å². The zero-order valence-electron chi connectivity index (χ0n) is 9.75. The highest BCUT2D eigenvalue weighted by molar-refractivity contribution is 5.37. The van der Waals surface area contributed by atoms with Crippen molar-refractivity contribution < 1.29 is 24.5 Å². The molecule has 0 aromatic carbocycles. The third kappa shape index (κ3) is 2.57. The molecule has 1 aliphatic heterocycles. The molecule has 0 radical (unpaired) electrons. The number of aliphatic hydroxyl groups excluding tert-OH is 2. The van der Waals surface area contributed by atoms with E-state index in [1.54, 1.807) is 0 Å². The maximum Gasteiger partial charge on any atom is 0.351 e. The van der Waals surface area contributed by atoms with Gasteiger partial charge >= 0.3 is 5.69 Å². The van der Waals surface area contributed by atoms with Crippen molar-refractivity contribution >= 4 is 12.3 Å². The largest absolute Gasteiger partial charge is 0.465 e. The number of anilines is 1. The molecule has 0 saturated carbocycles. The summed E-state index contributed by atoms with van der Waals surface area (Å²) in [4.78, 5) is 25.2. The fourth-order valence-corrected chi connectivity index (χ4v) is 1.85. The SMILES string of the molecule is Nc1ccn([C@@H]2O[C@H](COC=O)[C@@H](O)[C@H]2O)c(=O)n1. The molecule has 0 unspecified atom stereocenters. The fourth-order valence-electron chi connectivity index (χ4n) is 1.85. The van der Waals surface area contributed by atoms with Crippen molar-refractivity contribution in [2.24, 2.45) is 0 Å². The molecule has 4 N–H and O–H groups in total. The summed E-state index contributed by atoms with van der Waals surface area (Å²) in [5.41, 5.74) is 4.63. The number of carbonyl (C=O) groups is 1. The molecular weight excluding hydrogens is 258 g/mol. The molecule has 1 aliphatic rings. The summed E-state index contributed by atoms with van der Waals surface area (Å²) in [6.45, 7) is -0.0257. The molecule has 9 nitrogen and oxygen atoms in total. The number of hydrogen-bond acceptors (Lipinski definition) is 8. The molecule has 2 rings (SSSR count). The van der Waals surface area contributed by atoms with E-state index in [1.807, 2.05) is 0 Å². The van der Waals surface area contributed by atoms with Crippen LogP contribution >= 0.6 is 0 Å². The lowest BCUT2D eigenvalue weighted by molar-refractivity contribution is -0.135. The molecule has 1 fully saturated rings. The standard InChI is InChI=1S/C10H13N3O6/c11-6-1-2-13(10(17)12-6)9-8(16)7(15)5(19-9)3-18-4-14/h1-2,4-5,7-9,15-16H,3H2,(H2,11,12,17)/t5-,7-,8-,9-/m1/s1. The van der Waals surface area contributed by atoms with Crippen LogP contribution in [0.3, 0.4) is 0 Å². The van der Waals surface area contributed by atoms with Gasteiger partial charge in [0.2, 0.25) is 0 Å². The zero-order chi connectivity index (χ0) is 14.0. The number of hydrogen-bond donors (Lipinski definition) is 3. The van der Waals surface area contributed by atoms with E-state index in [0.29, 0.717) is 0 Å². The molecule has 19 heavy (non-hydrogen) atoms. The van der Waals surface area contributed by atoms with Crippen molar-refractivity contribution in [3.63, 3.8) is 0 Å². The van der Waals surface area contributed by atoms with Crippen molar-refractivity contribution in [3.8, 4) is 0 Å². The summed E-state index contributed by atoms with van der Waals surface area (Å²) < 4.78 is 10.8. The van der Waals surface area contributed by atoms with Gasteiger partial charge in [0.15, 0.2) is 6.23 Å². The third-order valence-electron chi connectivity index (χ3n) is 2.79. The van der Waals surface area contributed by atoms with Gasteiger partial charge in [-0.05, 0) is 6.07 Å². The summed E-state index contributed by atoms with van der Waals surface area (Å²) in [7, 11) is 0. The summed E-state index contributed by atoms with van der Waals surface area (Å²) >= 11 is 0. The molecule has 4 atom stereocenters. The van der Waals surface area contributed by atoms with Gasteiger partial charge in [-0.15, -0.1) is 0 Å². The summed E-state index contributed by atoms with van der Waals surface area (Å²) in [6, 6.07) is 1.36. The van der Waals surface area contributed by atoms with Gasteiger partial charge in [0.05, 0.1) is 0 Å². The van der Waals surface area contributed by atoms with E-state index in [-0.39, 0.29) is 18.9 Å². The minimum absolute atomic E-state index is 0.0372. The first-order valence-electron chi connectivity index (χ1n) is 5.46. The lowest BCUT2D eigenvalue weighted by Crippen LogP contribution is -2.36. The number of nitrogens with zero attached hydrogens (tertiary/aromatic N) is 2. The minimum atomic E-state index is -1.34. The normalized spacial score (nSPS) is 30.2. The van der Waals surface area contributed by atoms with E-state index < -0.39 is 30.2 Å². The van der Waals surface area contributed by atoms with Gasteiger partial charge in [0, 0.05) is 6.20 Å². The summed E-state index contributed by atoms with van der Waals surface area (Å²) in [5.74, 6) is 0.0372. The lowest BCUT2D eigenvalue weighted by atomic mass is 10.1. The molecular formula is C10H13N3O6. The Bertz CT molecular complexity index is 518. The number of aliphatic hydroxyl groups is 2. The van der Waals surface area contributed by atoms with Crippen LogP contribution in [0.15, 0.2) is 17.1 Å². The molecule has 0 amide bonds. The van der Waals surface area contributed by atoms with Crippen LogP contribution in [-0.4, -0.2) is 51.2 Å². The Hall–Kier alpha value is -1.97. The Balaban J connectivity index is 2.21. The highest BCUT2D eigenvalue weighted by Gasteiger charge is 2.44. The molecule has 2 heterocycles. The van der Waals surface area contributed by atoms with Crippen molar-refractivity contribution in [2.45, 2.75) is 24.5 Å². The second-order valence-electron chi connectivity index (χ2n) is 4.02. The van der Waals surface area contributed by atoms with Gasteiger partial charge < -0.3 is 25.4 Å². The van der Waals surface area contributed by atoms with Crippen LogP contribution in [-0.2, 0) is 14.3 Å². The van der Waals surface area contributed by atoms with Gasteiger partial charge in [-0.2, -0.15) is 4.98 Å². The second kappa shape index (κ2) is 5.34. The molecule has 1 aromatic rings. The van der Waals surface area contributed by atoms with Crippen molar-refractivity contribution in [3.05, 3.63) is 22.7 Å². The predicted molar refractivity (Wildman–Crippen MR) is 60.8 cm³/mol. The predicted octanol–water partition coefficient (Wildman–Crippen LogP) is -2.38. The fraction of sp³-hybridized carbons (Fsp3) is 0.500. The molecule has 9 heteroatoms. The van der Waals surface area contributed by atoms with Gasteiger partial charge in [0.1, 0.15) is 30.7 Å². The summed E-state index contributed by atoms with van der Waals surface area (Å²) in [5, 5.41) is 19.6. The average molecular weight is 271 g/mol. The molecule has 0 spiro atoms. The Morgan fingerprint density at radius 1 is 1.53 bits per heavy atom. The van der Waals surface area contributed by atoms with E-state index in [4.69, 9.17) is 10.5 Å². The number of nitrogen functional groups attached to an aromatic ring is 1. The average Bonchev–Trinajstić information content (AvgIpc) is 2.64. The molecule has 1 saturated heterocycles. The second-order valence-corrected chi connectivity index (χ2v) is 4.02. The molecule has 0 bridgehead atoms. The van der Waals surface area contributed by atoms with Crippen molar-refractivity contribution in [1.29, 1.82) is 0 Å². The first-order chi connectivity index (χ1) is 9.04. The Morgan fingerprint density at radius 3 is 2.89 bits per heavy atom. The highest BCUT2D eigenvalue weighted by Crippen LogP contribution is 2.28. The Labute approximate surface area is 107 Å². The van der Waals surface area contributed by atoms with Crippen LogP contribution in [0.25, 0.3) is 0 Å². The third-order valence-corrected chi connectivity index (χ3v) is 2.79. The van der Waals surface area contributed by atoms with Crippen LogP contribution in [0, 0.1) is 0 Å². The Kier molecular flexibility index (Phi) is 3.79. The monoisotopic (exact) mass is 271 g/mol. The van der Waals surface area contributed by atoms with Crippen LogP contribution < -0.4 is 11.4 Å². The number of nitrogens with two attached hydrogens (primary N) is 1. The van der Waals surface area contributed by atoms with Crippen molar-refractivity contribution in [1.82, 2.24) is 9.55 Å². The van der Waals surface area contributed by atoms with E-state index in [9.17, 15) is 19.8 Å². The lowest BCUT2D eigenvalue weighted by Gasteiger charge is -2.16. The van der Waals surface area contributed by atoms with Crippen LogP contribution in [0.5, 0.6) is 0 Å². The maximum atomic E-state index is 11.6. The Morgan fingerprint density at radius 2 is 2.26 bits per heavy atom. The topological polar surface area (TPSA) is 137 Å². The number of carbonyl (C=O) groups excluding carboxylic acids is 1. The van der Waals surface area contributed by atoms with Crippen LogP contribution in [0.1, 0.15) is 6.23 Å². The van der Waals surface area contributed by atoms with Gasteiger partial charge in [-0.1, -0.05) is 0 Å². The van der Waals surface area contributed by atoms with Crippen LogP contribution in [0.2, 0.25) is 0 Å². The van der Waals surface area contributed by atoms with Gasteiger partial charge in [0.25, 0.3) is 6.47 Å². The van der Waals surface area contributed by atoms with Crippen molar-refractivity contribution in [2.75, 3.05) is 12.3 Å². The van der Waals surface area contributed by atoms with E-state index in [1.165, 1.54) is 12.3 Å². The quantitative estimate of drug-likeness (QED) is 0.516. The first kappa shape index (κ1) is 13.5. The smallest absolute Gasteiger partial charge is 0.351 e. The molecule has 0 aliphatic carbocycles. The number of rotatable bonds is 4. The van der Waals surface area contributed by atoms with Crippen LogP contribution in [0.4, 0.5) is 5.82 Å². The van der Waals surface area contributed by atoms with E-state index >= 15 is 0 Å². The number of ether oxygens (including phenoxy) is 2. The van der Waals surface area contributed by atoms with E-state index in [0.717, 1.165) is 4.57 Å². The molecule has 1 aromatic heterocycles. The summed E-state index contributed by atoms with van der Waals surface area (Å²) in [6.07, 6.45) is -3.36. The first-order valence-corrected chi connectivity index (χ1v) is 5.46. The minimum Gasteiger partial charge on any atom is -0.465 e. The zero-order valence-corrected chi connectivity index (χ0v) is 9.75. The molecule has 104 valence electrons. The number of aromatic nitrogens is 2.